The Hall–Kier alpha value is -0.610. The van der Waals surface area contributed by atoms with Crippen molar-refractivity contribution in [2.24, 2.45) is 0 Å². The van der Waals surface area contributed by atoms with E-state index in [0.717, 1.165) is 8.58 Å². The first-order chi connectivity index (χ1) is 10.7. The van der Waals surface area contributed by atoms with Crippen molar-refractivity contribution in [3.63, 3.8) is 0 Å². The first-order valence-electron chi connectivity index (χ1n) is 9.21. The molecule has 0 fully saturated rings. The summed E-state index contributed by atoms with van der Waals surface area (Å²) in [6.45, 7) is 11.0. The summed E-state index contributed by atoms with van der Waals surface area (Å²) in [5, 5.41) is 0.345. The Morgan fingerprint density at radius 1 is 0.955 bits per heavy atom. The van der Waals surface area contributed by atoms with Gasteiger partial charge in [-0.2, -0.15) is 0 Å². The summed E-state index contributed by atoms with van der Waals surface area (Å²) >= 11 is 0. The molecule has 0 aliphatic rings. The summed E-state index contributed by atoms with van der Waals surface area (Å²) in [5.41, 5.74) is 3.22. The fourth-order valence-corrected chi connectivity index (χ4v) is 4.77. The Balaban J connectivity index is 3.18. The van der Waals surface area contributed by atoms with E-state index in [1.54, 1.807) is 11.1 Å². The number of aryl methyl sites for hydroxylation is 1. The molecule has 0 saturated heterocycles. The summed E-state index contributed by atoms with van der Waals surface area (Å²) in [4.78, 5) is 0. The Bertz CT molecular complexity index is 414. The molecule has 0 bridgehead atoms. The van der Waals surface area contributed by atoms with Crippen LogP contribution in [0.5, 0.6) is 0 Å². The van der Waals surface area contributed by atoms with Crippen molar-refractivity contribution in [1.29, 1.82) is 0 Å². The van der Waals surface area contributed by atoms with Crippen molar-refractivity contribution in [3.8, 4) is 0 Å². The van der Waals surface area contributed by atoms with Crippen LogP contribution in [-0.4, -0.2) is 0 Å². The van der Waals surface area contributed by atoms with E-state index in [1.807, 2.05) is 0 Å². The lowest BCUT2D eigenvalue weighted by Gasteiger charge is -2.36. The summed E-state index contributed by atoms with van der Waals surface area (Å²) in [6, 6.07) is 9.24. The second kappa shape index (κ2) is 11.0. The molecular formula is C21H35P. The molecule has 1 aromatic rings. The smallest absolute Gasteiger partial charge is 0.0164 e. The highest BCUT2D eigenvalue weighted by Gasteiger charge is 2.31. The van der Waals surface area contributed by atoms with Crippen molar-refractivity contribution in [2.75, 3.05) is 0 Å². The largest absolute Gasteiger partial charge is 0.0988 e. The topological polar surface area (TPSA) is 0 Å². The molecule has 0 heterocycles. The highest BCUT2D eigenvalue weighted by Crippen LogP contribution is 2.51. The maximum absolute atomic E-state index is 4.09. The van der Waals surface area contributed by atoms with Gasteiger partial charge in [-0.05, 0) is 36.8 Å². The second-order valence-electron chi connectivity index (χ2n) is 6.40. The summed E-state index contributed by atoms with van der Waals surface area (Å²) < 4.78 is 0. The lowest BCUT2D eigenvalue weighted by atomic mass is 9.84. The minimum absolute atomic E-state index is 0.345. The second-order valence-corrected chi connectivity index (χ2v) is 8.05. The van der Waals surface area contributed by atoms with Gasteiger partial charge in [0.05, 0.1) is 0 Å². The third-order valence-electron chi connectivity index (χ3n) is 4.63. The zero-order chi connectivity index (χ0) is 16.3. The van der Waals surface area contributed by atoms with Crippen LogP contribution in [0, 0.1) is 0 Å². The van der Waals surface area contributed by atoms with Gasteiger partial charge in [0.2, 0.25) is 0 Å². The van der Waals surface area contributed by atoms with Crippen LogP contribution in [0.2, 0.25) is 0 Å². The molecule has 0 radical (unpaired) electrons. The van der Waals surface area contributed by atoms with Crippen molar-refractivity contribution in [2.45, 2.75) is 83.7 Å². The quantitative estimate of drug-likeness (QED) is 0.351. The van der Waals surface area contributed by atoms with Crippen LogP contribution in [0.4, 0.5) is 0 Å². The molecule has 1 rings (SSSR count). The maximum atomic E-state index is 4.09. The molecule has 0 amide bonds. The molecule has 0 N–H and O–H groups in total. The summed E-state index contributed by atoms with van der Waals surface area (Å²) in [5.74, 6) is 2.18. The van der Waals surface area contributed by atoms with E-state index >= 15 is 0 Å². The van der Waals surface area contributed by atoms with Crippen molar-refractivity contribution < 1.29 is 0 Å². The minimum Gasteiger partial charge on any atom is -0.0988 e. The fraction of sp³-hybridized carbons (Fsp3) is 0.619. The van der Waals surface area contributed by atoms with E-state index in [-0.39, 0.29) is 0 Å². The molecule has 22 heavy (non-hydrogen) atoms. The van der Waals surface area contributed by atoms with E-state index in [1.165, 1.54) is 57.8 Å². The molecular weight excluding hydrogens is 283 g/mol. The molecule has 0 aliphatic heterocycles. The van der Waals surface area contributed by atoms with Gasteiger partial charge < -0.3 is 0 Å². The normalized spacial score (nSPS) is 12.1. The van der Waals surface area contributed by atoms with Crippen LogP contribution >= 0.6 is 8.58 Å². The molecule has 124 valence electrons. The number of rotatable bonds is 12. The van der Waals surface area contributed by atoms with Crippen LogP contribution in [0.15, 0.2) is 36.7 Å². The Kier molecular flexibility index (Phi) is 9.73. The van der Waals surface area contributed by atoms with Crippen molar-refractivity contribution >= 4 is 8.58 Å². The van der Waals surface area contributed by atoms with Gasteiger partial charge in [-0.1, -0.05) is 98.1 Å². The Labute approximate surface area is 140 Å². The highest BCUT2D eigenvalue weighted by atomic mass is 31.1. The minimum atomic E-state index is 0.345. The summed E-state index contributed by atoms with van der Waals surface area (Å²) in [7, 11) is 0.839. The SMILES string of the molecule is C=CPC(CCCC)(CCCC)c1ccccc1CCCC. The molecule has 1 unspecified atom stereocenters. The van der Waals surface area contributed by atoms with Gasteiger partial charge in [0.1, 0.15) is 0 Å². The summed E-state index contributed by atoms with van der Waals surface area (Å²) in [6.07, 6.45) is 11.7. The molecule has 1 atom stereocenters. The first-order valence-corrected chi connectivity index (χ1v) is 10.3. The molecule has 1 heteroatoms. The van der Waals surface area contributed by atoms with Crippen LogP contribution in [0.3, 0.4) is 0 Å². The van der Waals surface area contributed by atoms with E-state index in [4.69, 9.17) is 0 Å². The highest BCUT2D eigenvalue weighted by molar-refractivity contribution is 7.43. The average molecular weight is 318 g/mol. The molecule has 1 aromatic carbocycles. The fourth-order valence-electron chi connectivity index (χ4n) is 3.34. The van der Waals surface area contributed by atoms with E-state index in [2.05, 4.69) is 57.4 Å². The van der Waals surface area contributed by atoms with Crippen molar-refractivity contribution in [1.82, 2.24) is 0 Å². The third-order valence-corrected chi connectivity index (χ3v) is 6.15. The zero-order valence-corrected chi connectivity index (χ0v) is 16.0. The van der Waals surface area contributed by atoms with Gasteiger partial charge in [-0.15, -0.1) is 0 Å². The van der Waals surface area contributed by atoms with E-state index in [9.17, 15) is 0 Å². The van der Waals surface area contributed by atoms with Gasteiger partial charge in [0.15, 0.2) is 0 Å². The van der Waals surface area contributed by atoms with Gasteiger partial charge in [0, 0.05) is 5.16 Å². The lowest BCUT2D eigenvalue weighted by Crippen LogP contribution is -2.22. The first kappa shape index (κ1) is 19.4. The predicted octanol–water partition coefficient (Wildman–Crippen LogP) is 7.43. The molecule has 0 saturated carbocycles. The lowest BCUT2D eigenvalue weighted by molar-refractivity contribution is 0.473. The Morgan fingerprint density at radius 3 is 2.09 bits per heavy atom. The Morgan fingerprint density at radius 2 is 1.55 bits per heavy atom. The molecule has 0 aliphatic carbocycles. The number of hydrogen-bond acceptors (Lipinski definition) is 0. The maximum Gasteiger partial charge on any atom is 0.0164 e. The molecule has 0 nitrogen and oxygen atoms in total. The number of unbranched alkanes of at least 4 members (excludes halogenated alkanes) is 3. The van der Waals surface area contributed by atoms with Crippen LogP contribution in [0.1, 0.15) is 83.3 Å². The van der Waals surface area contributed by atoms with Gasteiger partial charge in [0.25, 0.3) is 0 Å². The number of hydrogen-bond donors (Lipinski definition) is 0. The zero-order valence-electron chi connectivity index (χ0n) is 15.0. The van der Waals surface area contributed by atoms with Gasteiger partial charge in [-0.25, -0.2) is 0 Å². The van der Waals surface area contributed by atoms with Crippen LogP contribution in [-0.2, 0) is 11.6 Å². The van der Waals surface area contributed by atoms with Crippen molar-refractivity contribution in [3.05, 3.63) is 47.8 Å². The van der Waals surface area contributed by atoms with Crippen LogP contribution in [0.25, 0.3) is 0 Å². The van der Waals surface area contributed by atoms with Gasteiger partial charge in [-0.3, -0.25) is 0 Å². The van der Waals surface area contributed by atoms with E-state index < -0.39 is 0 Å². The van der Waals surface area contributed by atoms with Gasteiger partial charge >= 0.3 is 0 Å². The monoisotopic (exact) mass is 318 g/mol. The molecule has 0 aromatic heterocycles. The number of benzene rings is 1. The molecule has 0 spiro atoms. The average Bonchev–Trinajstić information content (AvgIpc) is 2.56. The van der Waals surface area contributed by atoms with E-state index in [0.29, 0.717) is 5.16 Å². The predicted molar refractivity (Wildman–Crippen MR) is 104 cm³/mol. The third kappa shape index (κ3) is 5.54. The van der Waals surface area contributed by atoms with Crippen LogP contribution < -0.4 is 0 Å². The standard InChI is InChI=1S/C21H35P/c1-5-9-14-19-15-12-13-16-20(19)21(22-8-4,17-10-6-2)18-11-7-3/h8,12-13,15-16,22H,4-7,9-11,14,17-18H2,1-3H3.